The van der Waals surface area contributed by atoms with E-state index in [9.17, 15) is 23.2 Å². The van der Waals surface area contributed by atoms with Gasteiger partial charge in [0.15, 0.2) is 11.6 Å². The van der Waals surface area contributed by atoms with E-state index < -0.39 is 41.2 Å². The number of esters is 1. The Kier molecular flexibility index (Phi) is 5.64. The van der Waals surface area contributed by atoms with Crippen molar-refractivity contribution in [2.75, 3.05) is 0 Å². The zero-order valence-corrected chi connectivity index (χ0v) is 15.7. The predicted octanol–water partition coefficient (Wildman–Crippen LogP) is 5.78. The van der Waals surface area contributed by atoms with Gasteiger partial charge in [-0.25, -0.2) is 4.39 Å². The second-order valence-corrected chi connectivity index (χ2v) is 7.33. The van der Waals surface area contributed by atoms with Gasteiger partial charge in [0.05, 0.1) is 5.92 Å². The van der Waals surface area contributed by atoms with Crippen LogP contribution in [0.25, 0.3) is 0 Å². The molecule has 4 nitrogen and oxygen atoms in total. The van der Waals surface area contributed by atoms with E-state index in [1.807, 2.05) is 6.07 Å². The van der Waals surface area contributed by atoms with E-state index in [4.69, 9.17) is 9.47 Å². The molecule has 3 atom stereocenters. The van der Waals surface area contributed by atoms with Gasteiger partial charge in [0.25, 0.3) is 6.08 Å². The van der Waals surface area contributed by atoms with Crippen molar-refractivity contribution in [2.24, 2.45) is 17.3 Å². The molecule has 2 aromatic carbocycles. The molecule has 1 saturated carbocycles. The minimum atomic E-state index is -1.86. The van der Waals surface area contributed by atoms with Crippen LogP contribution in [0, 0.1) is 34.4 Å². The first kappa shape index (κ1) is 20.5. The van der Waals surface area contributed by atoms with Gasteiger partial charge >= 0.3 is 5.97 Å². The summed E-state index contributed by atoms with van der Waals surface area (Å²) >= 11 is 0. The lowest BCUT2D eigenvalue weighted by molar-refractivity contribution is -0.149. The highest BCUT2D eigenvalue weighted by molar-refractivity contribution is 5.78. The monoisotopic (exact) mass is 401 g/mol. The van der Waals surface area contributed by atoms with Crippen molar-refractivity contribution in [1.29, 1.82) is 5.26 Å². The second-order valence-electron chi connectivity index (χ2n) is 7.33. The van der Waals surface area contributed by atoms with Gasteiger partial charge in [0, 0.05) is 11.5 Å². The number of hydrogen-bond acceptors (Lipinski definition) is 4. The molecule has 0 amide bonds. The lowest BCUT2D eigenvalue weighted by Crippen LogP contribution is -2.14. The summed E-state index contributed by atoms with van der Waals surface area (Å²) in [7, 11) is 0. The van der Waals surface area contributed by atoms with Crippen LogP contribution < -0.4 is 4.74 Å². The predicted molar refractivity (Wildman–Crippen MR) is 98.4 cm³/mol. The number of rotatable bonds is 6. The summed E-state index contributed by atoms with van der Waals surface area (Å²) < 4.78 is 50.0. The lowest BCUT2D eigenvalue weighted by Gasteiger charge is -2.14. The zero-order chi connectivity index (χ0) is 21.2. The van der Waals surface area contributed by atoms with Crippen molar-refractivity contribution in [1.82, 2.24) is 0 Å². The Morgan fingerprint density at radius 1 is 1.21 bits per heavy atom. The topological polar surface area (TPSA) is 59.3 Å². The van der Waals surface area contributed by atoms with Gasteiger partial charge in [-0.05, 0) is 35.8 Å². The molecule has 0 spiro atoms. The SMILES string of the molecule is CC1(C)[C@H](C(=O)OC(C#N)c2ccc(F)c(Oc3ccccc3)c2)[C@@H]1C=C(F)F. The molecule has 2 aromatic rings. The van der Waals surface area contributed by atoms with Crippen LogP contribution in [-0.4, -0.2) is 5.97 Å². The summed E-state index contributed by atoms with van der Waals surface area (Å²) in [5, 5.41) is 9.43. The number of carbonyl (C=O) groups is 1. The number of nitrogens with zero attached hydrogens (tertiary/aromatic N) is 1. The molecule has 0 bridgehead atoms. The van der Waals surface area contributed by atoms with E-state index in [1.54, 1.807) is 44.2 Å². The molecule has 1 unspecified atom stereocenters. The van der Waals surface area contributed by atoms with Crippen LogP contribution in [0.3, 0.4) is 0 Å². The van der Waals surface area contributed by atoms with Crippen LogP contribution in [0.4, 0.5) is 13.2 Å². The number of halogens is 3. The van der Waals surface area contributed by atoms with Crippen molar-refractivity contribution in [3.8, 4) is 17.6 Å². The Hall–Kier alpha value is -3.27. The van der Waals surface area contributed by atoms with Crippen LogP contribution in [0.1, 0.15) is 25.5 Å². The van der Waals surface area contributed by atoms with Gasteiger partial charge in [-0.2, -0.15) is 14.0 Å². The molecule has 1 aliphatic carbocycles. The van der Waals surface area contributed by atoms with Crippen molar-refractivity contribution in [3.63, 3.8) is 0 Å². The highest BCUT2D eigenvalue weighted by atomic mass is 19.3. The molecule has 150 valence electrons. The molecule has 0 saturated heterocycles. The van der Waals surface area contributed by atoms with Crippen LogP contribution in [-0.2, 0) is 9.53 Å². The van der Waals surface area contributed by atoms with Crippen molar-refractivity contribution in [2.45, 2.75) is 20.0 Å². The van der Waals surface area contributed by atoms with Gasteiger partial charge in [0.1, 0.15) is 11.8 Å². The molecule has 1 fully saturated rings. The fourth-order valence-electron chi connectivity index (χ4n) is 3.31. The van der Waals surface area contributed by atoms with E-state index in [1.165, 1.54) is 12.1 Å². The fourth-order valence-corrected chi connectivity index (χ4v) is 3.31. The Labute approximate surface area is 166 Å². The molecule has 0 radical (unpaired) electrons. The second kappa shape index (κ2) is 8.00. The first-order valence-corrected chi connectivity index (χ1v) is 8.89. The average molecular weight is 401 g/mol. The maximum Gasteiger partial charge on any atom is 0.311 e. The third kappa shape index (κ3) is 4.43. The maximum absolute atomic E-state index is 14.1. The highest BCUT2D eigenvalue weighted by Crippen LogP contribution is 2.60. The summed E-state index contributed by atoms with van der Waals surface area (Å²) in [5.41, 5.74) is -0.472. The number of ether oxygens (including phenoxy) is 2. The van der Waals surface area contributed by atoms with Crippen LogP contribution in [0.2, 0.25) is 0 Å². The van der Waals surface area contributed by atoms with E-state index in [0.29, 0.717) is 5.75 Å². The zero-order valence-electron chi connectivity index (χ0n) is 15.7. The summed E-state index contributed by atoms with van der Waals surface area (Å²) in [6.45, 7) is 3.35. The minimum Gasteiger partial charge on any atom is -0.454 e. The Morgan fingerprint density at radius 3 is 2.52 bits per heavy atom. The number of hydrogen-bond donors (Lipinski definition) is 0. The van der Waals surface area contributed by atoms with Gasteiger partial charge in [-0.1, -0.05) is 38.1 Å². The van der Waals surface area contributed by atoms with E-state index in [-0.39, 0.29) is 11.3 Å². The number of para-hydroxylation sites is 1. The molecule has 0 aliphatic heterocycles. The third-order valence-corrected chi connectivity index (χ3v) is 5.05. The van der Waals surface area contributed by atoms with Crippen molar-refractivity contribution < 1.29 is 27.4 Å². The fraction of sp³-hybridized carbons (Fsp3) is 0.273. The maximum atomic E-state index is 14.1. The van der Waals surface area contributed by atoms with Gasteiger partial charge in [-0.15, -0.1) is 0 Å². The molecular formula is C22H18F3NO3. The summed E-state index contributed by atoms with van der Waals surface area (Å²) in [6.07, 6.45) is -2.45. The molecule has 0 aromatic heterocycles. The van der Waals surface area contributed by atoms with Gasteiger partial charge in [0.2, 0.25) is 6.10 Å². The molecule has 1 aliphatic rings. The number of carbonyl (C=O) groups excluding carboxylic acids is 1. The Balaban J connectivity index is 1.77. The smallest absolute Gasteiger partial charge is 0.311 e. The van der Waals surface area contributed by atoms with Crippen LogP contribution in [0.5, 0.6) is 11.5 Å². The Bertz CT molecular complexity index is 979. The molecule has 7 heteroatoms. The Morgan fingerprint density at radius 2 is 1.90 bits per heavy atom. The standard InChI is InChI=1S/C22H18F3NO3/c1-22(2)15(11-19(24)25)20(22)21(27)29-18(12-26)13-8-9-16(23)17(10-13)28-14-6-4-3-5-7-14/h3-11,15,18,20H,1-2H3/t15-,18?,20-/m0/s1. The largest absolute Gasteiger partial charge is 0.454 e. The summed E-state index contributed by atoms with van der Waals surface area (Å²) in [6, 6.07) is 14.0. The third-order valence-electron chi connectivity index (χ3n) is 5.05. The number of allylic oxidation sites excluding steroid dienone is 1. The van der Waals surface area contributed by atoms with E-state index in [2.05, 4.69) is 0 Å². The van der Waals surface area contributed by atoms with E-state index >= 15 is 0 Å². The van der Waals surface area contributed by atoms with E-state index in [0.717, 1.165) is 12.1 Å². The minimum absolute atomic E-state index is 0.128. The summed E-state index contributed by atoms with van der Waals surface area (Å²) in [4.78, 5) is 12.4. The molecule has 0 heterocycles. The molecule has 3 rings (SSSR count). The first-order valence-electron chi connectivity index (χ1n) is 8.89. The number of benzene rings is 2. The highest BCUT2D eigenvalue weighted by Gasteiger charge is 2.62. The summed E-state index contributed by atoms with van der Waals surface area (Å²) in [5.74, 6) is -2.56. The van der Waals surface area contributed by atoms with Crippen LogP contribution in [0.15, 0.2) is 60.7 Å². The molecule has 0 N–H and O–H groups in total. The van der Waals surface area contributed by atoms with Gasteiger partial charge in [-0.3, -0.25) is 4.79 Å². The lowest BCUT2D eigenvalue weighted by atomic mass is 10.1. The van der Waals surface area contributed by atoms with Crippen molar-refractivity contribution in [3.05, 3.63) is 72.1 Å². The first-order chi connectivity index (χ1) is 13.7. The molecule has 29 heavy (non-hydrogen) atoms. The average Bonchev–Trinajstić information content (AvgIpc) is 3.21. The quantitative estimate of drug-likeness (QED) is 0.576. The van der Waals surface area contributed by atoms with Crippen molar-refractivity contribution >= 4 is 5.97 Å². The normalized spacial score (nSPS) is 20.1. The van der Waals surface area contributed by atoms with Gasteiger partial charge < -0.3 is 9.47 Å². The molecular weight excluding hydrogens is 383 g/mol. The number of nitriles is 1. The van der Waals surface area contributed by atoms with Crippen LogP contribution >= 0.6 is 0 Å².